The first-order valence-electron chi connectivity index (χ1n) is 18.8. The van der Waals surface area contributed by atoms with Gasteiger partial charge in [0.1, 0.15) is 11.5 Å². The van der Waals surface area contributed by atoms with E-state index in [4.69, 9.17) is 14.2 Å². The summed E-state index contributed by atoms with van der Waals surface area (Å²) in [7, 11) is 0. The van der Waals surface area contributed by atoms with Gasteiger partial charge in [-0.15, -0.1) is 0 Å². The van der Waals surface area contributed by atoms with Gasteiger partial charge in [-0.1, -0.05) is 50.0 Å². The molecule has 0 bridgehead atoms. The van der Waals surface area contributed by atoms with Crippen LogP contribution in [0.1, 0.15) is 95.6 Å². The third-order valence-electron chi connectivity index (χ3n) is 9.91. The van der Waals surface area contributed by atoms with Crippen LogP contribution in [0.2, 0.25) is 0 Å². The molecule has 1 aromatic rings. The minimum absolute atomic E-state index is 0.0204. The highest BCUT2D eigenvalue weighted by molar-refractivity contribution is 8.00. The Labute approximate surface area is 308 Å². The summed E-state index contributed by atoms with van der Waals surface area (Å²) in [6, 6.07) is 4.22. The zero-order valence-electron chi connectivity index (χ0n) is 30.9. The number of rotatable bonds is 23. The van der Waals surface area contributed by atoms with Gasteiger partial charge in [0.15, 0.2) is 6.61 Å². The van der Waals surface area contributed by atoms with Crippen molar-refractivity contribution in [1.82, 2.24) is 21.3 Å². The summed E-state index contributed by atoms with van der Waals surface area (Å²) in [5.74, 6) is 1.60. The van der Waals surface area contributed by atoms with E-state index in [1.54, 1.807) is 0 Å². The van der Waals surface area contributed by atoms with Crippen LogP contribution in [0.5, 0.6) is 11.5 Å². The quantitative estimate of drug-likeness (QED) is 0.0564. The Balaban J connectivity index is 1.07. The zero-order valence-corrected chi connectivity index (χ0v) is 31.7. The van der Waals surface area contributed by atoms with Gasteiger partial charge >= 0.3 is 6.03 Å². The first-order chi connectivity index (χ1) is 24.7. The van der Waals surface area contributed by atoms with Crippen LogP contribution in [0.4, 0.5) is 4.79 Å². The number of phenols is 1. The first-order valence-corrected chi connectivity index (χ1v) is 19.9. The van der Waals surface area contributed by atoms with E-state index in [1.165, 1.54) is 5.57 Å². The summed E-state index contributed by atoms with van der Waals surface area (Å²) in [5.41, 5.74) is 4.08. The number of hydrogen-bond donors (Lipinski definition) is 5. The van der Waals surface area contributed by atoms with Gasteiger partial charge in [-0.3, -0.25) is 9.59 Å². The minimum Gasteiger partial charge on any atom is -0.507 e. The topological polar surface area (TPSA) is 147 Å². The maximum atomic E-state index is 12.7. The molecule has 12 heteroatoms. The van der Waals surface area contributed by atoms with Gasteiger partial charge < -0.3 is 40.6 Å². The van der Waals surface area contributed by atoms with Crippen molar-refractivity contribution in [2.24, 2.45) is 5.92 Å². The normalized spacial score (nSPS) is 22.5. The highest BCUT2D eigenvalue weighted by atomic mass is 32.2. The number of allylic oxidation sites excluding steroid dienone is 3. The Kier molecular flexibility index (Phi) is 17.0. The predicted octanol–water partition coefficient (Wildman–Crippen LogP) is 5.51. The number of hydrogen-bond acceptors (Lipinski definition) is 8. The standard InChI is InChI=1S/C39H60N4O7S/c1-5-6-7-10-28-22-32(44)37(30-21-27(4)13-14-29(30)26(2)3)33(23-28)50-24-36(46)41-16-18-49-20-19-48-17-15-40-35(45)12-9-8-11-34-38-31(25-51-34)42-39(47)43-38/h21-23,29-31,34,38,44H,2,5-20,24-25H2,1,3-4H3,(H,40,45)(H,41,46)(H2,42,43,47)/t29-,30+,31?,34?,38?/m0/s1. The van der Waals surface area contributed by atoms with E-state index in [9.17, 15) is 19.5 Å². The Morgan fingerprint density at radius 1 is 1.02 bits per heavy atom. The molecule has 2 aliphatic heterocycles. The highest BCUT2D eigenvalue weighted by Gasteiger charge is 2.42. The molecule has 0 saturated carbocycles. The fourth-order valence-corrected chi connectivity index (χ4v) is 8.70. The van der Waals surface area contributed by atoms with Crippen molar-refractivity contribution >= 4 is 29.6 Å². The first kappa shape index (κ1) is 40.5. The fourth-order valence-electron chi connectivity index (χ4n) is 7.16. The number of amides is 4. The summed E-state index contributed by atoms with van der Waals surface area (Å²) in [6.45, 7) is 12.7. The molecule has 0 radical (unpaired) electrons. The summed E-state index contributed by atoms with van der Waals surface area (Å²) in [4.78, 5) is 36.4. The molecule has 3 aliphatic rings. The highest BCUT2D eigenvalue weighted by Crippen LogP contribution is 2.47. The molecule has 3 unspecified atom stereocenters. The van der Waals surface area contributed by atoms with Crippen LogP contribution in [0.15, 0.2) is 35.9 Å². The molecule has 51 heavy (non-hydrogen) atoms. The number of benzene rings is 1. The van der Waals surface area contributed by atoms with Gasteiger partial charge in [-0.2, -0.15) is 11.8 Å². The Morgan fingerprint density at radius 2 is 1.76 bits per heavy atom. The number of fused-ring (bicyclic) bond motifs is 1. The number of unbranched alkanes of at least 4 members (excludes halogenated alkanes) is 3. The van der Waals surface area contributed by atoms with E-state index in [1.807, 2.05) is 30.8 Å². The number of aromatic hydroxyl groups is 1. The lowest BCUT2D eigenvalue weighted by Gasteiger charge is -2.32. The summed E-state index contributed by atoms with van der Waals surface area (Å²) < 4.78 is 17.3. The van der Waals surface area contributed by atoms with Gasteiger partial charge in [0.2, 0.25) is 5.91 Å². The van der Waals surface area contributed by atoms with Crippen molar-refractivity contribution in [3.05, 3.63) is 47.1 Å². The SMILES string of the molecule is C=C(C)[C@@H]1CCC(C)=C[C@H]1c1c(O)cc(CCCCC)cc1OCC(=O)NCCOCCOCCNC(=O)CCCCC1SCC2NC(=O)NC21. The van der Waals surface area contributed by atoms with Gasteiger partial charge in [-0.25, -0.2) is 4.79 Å². The van der Waals surface area contributed by atoms with Crippen LogP contribution in [0.3, 0.4) is 0 Å². The van der Waals surface area contributed by atoms with Crippen molar-refractivity contribution in [3.63, 3.8) is 0 Å². The number of ether oxygens (including phenoxy) is 3. The van der Waals surface area contributed by atoms with E-state index in [-0.39, 0.29) is 54.1 Å². The molecule has 2 heterocycles. The van der Waals surface area contributed by atoms with Crippen molar-refractivity contribution in [1.29, 1.82) is 0 Å². The summed E-state index contributed by atoms with van der Waals surface area (Å²) in [6.07, 6.45) is 11.5. The second-order valence-electron chi connectivity index (χ2n) is 14.1. The van der Waals surface area contributed by atoms with Crippen LogP contribution in [0.25, 0.3) is 0 Å². The average Bonchev–Trinajstić information content (AvgIpc) is 3.65. The molecule has 0 aromatic heterocycles. The van der Waals surface area contributed by atoms with Gasteiger partial charge in [-0.05, 0) is 76.0 Å². The van der Waals surface area contributed by atoms with Gasteiger partial charge in [0, 0.05) is 42.0 Å². The van der Waals surface area contributed by atoms with Crippen molar-refractivity contribution < 1.29 is 33.7 Å². The van der Waals surface area contributed by atoms with Crippen LogP contribution in [-0.4, -0.2) is 92.2 Å². The third kappa shape index (κ3) is 13.1. The Hall–Kier alpha value is -3.22. The summed E-state index contributed by atoms with van der Waals surface area (Å²) >= 11 is 1.89. The maximum Gasteiger partial charge on any atom is 0.315 e. The molecule has 1 aromatic carbocycles. The third-order valence-corrected chi connectivity index (χ3v) is 11.4. The number of thioether (sulfide) groups is 1. The van der Waals surface area contributed by atoms with Crippen molar-refractivity contribution in [2.45, 2.75) is 108 Å². The fraction of sp³-hybridized carbons (Fsp3) is 0.667. The molecule has 4 rings (SSSR count). The lowest BCUT2D eigenvalue weighted by Crippen LogP contribution is -2.36. The number of urea groups is 1. The molecule has 0 spiro atoms. The molecule has 5 atom stereocenters. The number of carbonyl (C=O) groups excluding carboxylic acids is 3. The molecular weight excluding hydrogens is 669 g/mol. The van der Waals surface area contributed by atoms with Crippen LogP contribution in [-0.2, 0) is 25.5 Å². The second-order valence-corrected chi connectivity index (χ2v) is 15.4. The van der Waals surface area contributed by atoms with Crippen LogP contribution < -0.4 is 26.0 Å². The lowest BCUT2D eigenvalue weighted by atomic mass is 9.73. The van der Waals surface area contributed by atoms with E-state index in [0.717, 1.165) is 80.2 Å². The number of nitrogens with one attached hydrogen (secondary N) is 4. The minimum atomic E-state index is -0.259. The van der Waals surface area contributed by atoms with Crippen molar-refractivity contribution in [2.75, 3.05) is 51.9 Å². The Morgan fingerprint density at radius 3 is 2.49 bits per heavy atom. The van der Waals surface area contributed by atoms with E-state index < -0.39 is 0 Å². The molecule has 284 valence electrons. The number of aryl methyl sites for hydroxylation is 1. The monoisotopic (exact) mass is 728 g/mol. The van der Waals surface area contributed by atoms with Gasteiger partial charge in [0.25, 0.3) is 5.91 Å². The number of phenolic OH excluding ortho intramolecular Hbond substituents is 1. The van der Waals surface area contributed by atoms with E-state index in [2.05, 4.69) is 47.8 Å². The van der Waals surface area contributed by atoms with Crippen LogP contribution in [0, 0.1) is 5.92 Å². The average molecular weight is 729 g/mol. The molecule has 4 amide bonds. The molecule has 5 N–H and O–H groups in total. The molecule has 1 aliphatic carbocycles. The second kappa shape index (κ2) is 21.3. The Bertz CT molecular complexity index is 1350. The van der Waals surface area contributed by atoms with E-state index >= 15 is 0 Å². The predicted molar refractivity (Wildman–Crippen MR) is 202 cm³/mol. The van der Waals surface area contributed by atoms with Crippen molar-refractivity contribution in [3.8, 4) is 11.5 Å². The van der Waals surface area contributed by atoms with E-state index in [0.29, 0.717) is 56.9 Å². The number of carbonyl (C=O) groups is 3. The molecule has 11 nitrogen and oxygen atoms in total. The largest absolute Gasteiger partial charge is 0.507 e. The van der Waals surface area contributed by atoms with Crippen LogP contribution >= 0.6 is 11.8 Å². The zero-order chi connectivity index (χ0) is 36.6. The smallest absolute Gasteiger partial charge is 0.315 e. The lowest BCUT2D eigenvalue weighted by molar-refractivity contribution is -0.123. The molecule has 2 fully saturated rings. The summed E-state index contributed by atoms with van der Waals surface area (Å²) in [5, 5.41) is 23.4. The molecule has 2 saturated heterocycles. The maximum absolute atomic E-state index is 12.7. The van der Waals surface area contributed by atoms with Gasteiger partial charge in [0.05, 0.1) is 38.5 Å². The molecular formula is C39H60N4O7S.